The number of nitrogens with zero attached hydrogens (tertiary/aromatic N) is 7. The minimum atomic E-state index is -3.69. The minimum absolute atomic E-state index is 0.167. The van der Waals surface area contributed by atoms with Crippen LogP contribution in [0.3, 0.4) is 0 Å². The molecule has 2 aromatic heterocycles. The van der Waals surface area contributed by atoms with Crippen LogP contribution in [-0.2, 0) is 37.4 Å². The molecular formula is C44H49ClN12O7S. The molecule has 5 N–H and O–H groups in total. The fourth-order valence-corrected chi connectivity index (χ4v) is 9.29. The van der Waals surface area contributed by atoms with Gasteiger partial charge in [0.25, 0.3) is 5.91 Å². The zero-order chi connectivity index (χ0) is 46.0. The molecule has 0 bridgehead atoms. The molecular weight excluding hydrogens is 876 g/mol. The van der Waals surface area contributed by atoms with Gasteiger partial charge in [-0.15, -0.1) is 0 Å². The van der Waals surface area contributed by atoms with Crippen LogP contribution in [0, 0.1) is 0 Å². The molecule has 5 aromatic rings. The number of carbonyl (C=O) groups excluding carboxylic acids is 4. The fraction of sp³-hybridized carbons (Fsp3) is 0.364. The molecule has 19 nitrogen and oxygen atoms in total. The molecule has 1 atom stereocenters. The fourth-order valence-electron chi connectivity index (χ4n) is 8.57. The molecule has 21 heteroatoms. The number of sulfonamides is 1. The van der Waals surface area contributed by atoms with Crippen LogP contribution in [0.25, 0.3) is 11.0 Å². The van der Waals surface area contributed by atoms with Crippen LogP contribution in [0.1, 0.15) is 60.5 Å². The largest absolute Gasteiger partial charge is 0.494 e. The van der Waals surface area contributed by atoms with Gasteiger partial charge in [-0.2, -0.15) is 4.98 Å². The number of anilines is 7. The first-order valence-electron chi connectivity index (χ1n) is 21.2. The molecule has 4 amide bonds. The average molecular weight is 925 g/mol. The van der Waals surface area contributed by atoms with E-state index in [0.717, 1.165) is 49.9 Å². The van der Waals surface area contributed by atoms with Crippen molar-refractivity contribution >= 4 is 96.5 Å². The van der Waals surface area contributed by atoms with Crippen LogP contribution in [0.5, 0.6) is 5.75 Å². The van der Waals surface area contributed by atoms with Gasteiger partial charge in [0.15, 0.2) is 5.82 Å². The van der Waals surface area contributed by atoms with Gasteiger partial charge in [-0.05, 0) is 68.6 Å². The van der Waals surface area contributed by atoms with Crippen molar-refractivity contribution in [3.05, 3.63) is 82.8 Å². The number of ether oxygens (including phenoxy) is 1. The molecule has 0 aliphatic carbocycles. The first kappa shape index (κ1) is 44.9. The summed E-state index contributed by atoms with van der Waals surface area (Å²) in [7, 11) is -0.0540. The van der Waals surface area contributed by atoms with E-state index in [1.807, 2.05) is 19.2 Å². The molecule has 5 heterocycles. The standard InChI is InChI=1S/C44H49ClN12O7S/c1-5-25-21-33(51-44-48-23-29(45)41(53-44)50-32-10-9-31-39(47-17-16-46-31)40(32)54-65(4,62)63)36(64-3)22-35(25)56-19-13-26(14-20-56)55(2)18-15-38(59)49-30-8-6-7-27-28(30)24-57(43(27)61)34-11-12-37(58)52-42(34)60/h6-10,16-17,21-23,26,34,54H,5,11-15,18-20,24H2,1-4H3,(H,49,59)(H,52,58,60)(H2,48,50,51,53). The average Bonchev–Trinajstić information content (AvgIpc) is 3.63. The van der Waals surface area contributed by atoms with Crippen molar-refractivity contribution in [1.29, 1.82) is 0 Å². The van der Waals surface area contributed by atoms with Gasteiger partial charge in [-0.3, -0.25) is 39.2 Å². The Morgan fingerprint density at radius 1 is 1.00 bits per heavy atom. The number of piperidine rings is 2. The highest BCUT2D eigenvalue weighted by Gasteiger charge is 2.40. The van der Waals surface area contributed by atoms with Gasteiger partial charge in [-0.25, -0.2) is 13.4 Å². The van der Waals surface area contributed by atoms with E-state index in [1.165, 1.54) is 23.5 Å². The summed E-state index contributed by atoms with van der Waals surface area (Å²) >= 11 is 6.55. The number of hydrogen-bond donors (Lipinski definition) is 5. The topological polar surface area (TPSA) is 233 Å². The van der Waals surface area contributed by atoms with Crippen molar-refractivity contribution in [2.45, 2.75) is 64.1 Å². The lowest BCUT2D eigenvalue weighted by Crippen LogP contribution is -2.52. The maximum absolute atomic E-state index is 13.3. The van der Waals surface area contributed by atoms with Crippen molar-refractivity contribution in [2.24, 2.45) is 0 Å². The van der Waals surface area contributed by atoms with E-state index in [2.05, 4.69) is 62.6 Å². The Bertz CT molecular complexity index is 2800. The Balaban J connectivity index is 0.883. The minimum Gasteiger partial charge on any atom is -0.494 e. The molecule has 1 unspecified atom stereocenters. The van der Waals surface area contributed by atoms with Crippen LogP contribution in [0.4, 0.5) is 40.2 Å². The molecule has 340 valence electrons. The van der Waals surface area contributed by atoms with Gasteiger partial charge in [-0.1, -0.05) is 24.6 Å². The highest BCUT2D eigenvalue weighted by Crippen LogP contribution is 2.39. The summed E-state index contributed by atoms with van der Waals surface area (Å²) in [6, 6.07) is 12.1. The monoisotopic (exact) mass is 924 g/mol. The van der Waals surface area contributed by atoms with E-state index in [-0.39, 0.29) is 72.0 Å². The smallest absolute Gasteiger partial charge is 0.255 e. The molecule has 0 saturated carbocycles. The van der Waals surface area contributed by atoms with Crippen LogP contribution in [0.2, 0.25) is 5.02 Å². The Morgan fingerprint density at radius 2 is 1.78 bits per heavy atom. The summed E-state index contributed by atoms with van der Waals surface area (Å²) in [5, 5.41) is 11.9. The number of imide groups is 1. The molecule has 2 saturated heterocycles. The molecule has 0 spiro atoms. The molecule has 0 radical (unpaired) electrons. The number of rotatable bonds is 15. The number of nitrogens with one attached hydrogen (secondary N) is 5. The lowest BCUT2D eigenvalue weighted by molar-refractivity contribution is -0.137. The predicted molar refractivity (Wildman–Crippen MR) is 248 cm³/mol. The summed E-state index contributed by atoms with van der Waals surface area (Å²) in [6.07, 6.45) is 8.68. The van der Waals surface area contributed by atoms with Crippen LogP contribution >= 0.6 is 11.6 Å². The third-order valence-corrected chi connectivity index (χ3v) is 12.8. The third-order valence-electron chi connectivity index (χ3n) is 11.9. The number of carbonyl (C=O) groups is 4. The Labute approximate surface area is 380 Å². The number of benzene rings is 3. The maximum atomic E-state index is 13.3. The van der Waals surface area contributed by atoms with Gasteiger partial charge in [0.2, 0.25) is 33.7 Å². The second-order valence-corrected chi connectivity index (χ2v) is 18.3. The van der Waals surface area contributed by atoms with Gasteiger partial charge in [0.05, 0.1) is 42.1 Å². The normalized spacial score (nSPS) is 16.7. The van der Waals surface area contributed by atoms with Gasteiger partial charge in [0, 0.05) is 86.0 Å². The summed E-state index contributed by atoms with van der Waals surface area (Å²) in [6.45, 7) is 4.40. The van der Waals surface area contributed by atoms with Gasteiger partial charge < -0.3 is 35.4 Å². The molecule has 8 rings (SSSR count). The third kappa shape index (κ3) is 9.88. The summed E-state index contributed by atoms with van der Waals surface area (Å²) < 4.78 is 33.1. The first-order chi connectivity index (χ1) is 31.2. The number of hydrogen-bond acceptors (Lipinski definition) is 15. The Kier molecular flexibility index (Phi) is 13.0. The van der Waals surface area contributed by atoms with E-state index < -0.39 is 22.0 Å². The van der Waals surface area contributed by atoms with Crippen molar-refractivity contribution in [3.8, 4) is 5.75 Å². The van der Waals surface area contributed by atoms with E-state index in [4.69, 9.17) is 16.3 Å². The van der Waals surface area contributed by atoms with Gasteiger partial charge in [0.1, 0.15) is 22.3 Å². The molecule has 65 heavy (non-hydrogen) atoms. The zero-order valence-corrected chi connectivity index (χ0v) is 37.8. The second kappa shape index (κ2) is 18.8. The number of aryl methyl sites for hydroxylation is 1. The van der Waals surface area contributed by atoms with E-state index >= 15 is 0 Å². The molecule has 3 aromatic carbocycles. The van der Waals surface area contributed by atoms with Crippen molar-refractivity contribution < 1.29 is 32.3 Å². The van der Waals surface area contributed by atoms with Crippen LogP contribution in [0.15, 0.2) is 61.1 Å². The summed E-state index contributed by atoms with van der Waals surface area (Å²) in [5.41, 5.74) is 5.85. The highest BCUT2D eigenvalue weighted by molar-refractivity contribution is 7.92. The lowest BCUT2D eigenvalue weighted by atomic mass is 10.00. The molecule has 3 aliphatic heterocycles. The van der Waals surface area contributed by atoms with E-state index in [1.54, 1.807) is 37.4 Å². The van der Waals surface area contributed by atoms with Crippen LogP contribution in [-0.4, -0.2) is 114 Å². The summed E-state index contributed by atoms with van der Waals surface area (Å²) in [4.78, 5) is 74.4. The maximum Gasteiger partial charge on any atom is 0.255 e. The number of amides is 4. The van der Waals surface area contributed by atoms with Crippen molar-refractivity contribution in [1.82, 2.24) is 35.1 Å². The van der Waals surface area contributed by atoms with Crippen molar-refractivity contribution in [3.63, 3.8) is 0 Å². The number of halogens is 1. The molecule has 2 fully saturated rings. The van der Waals surface area contributed by atoms with Crippen molar-refractivity contribution in [2.75, 3.05) is 65.6 Å². The Morgan fingerprint density at radius 3 is 2.52 bits per heavy atom. The van der Waals surface area contributed by atoms with Gasteiger partial charge >= 0.3 is 0 Å². The molecule has 3 aliphatic rings. The second-order valence-electron chi connectivity index (χ2n) is 16.2. The predicted octanol–water partition coefficient (Wildman–Crippen LogP) is 5.19. The first-order valence-corrected chi connectivity index (χ1v) is 23.5. The number of aromatic nitrogens is 4. The SMILES string of the molecule is CCc1cc(Nc2ncc(Cl)c(Nc3ccc4nccnc4c3NS(C)(=O)=O)n2)c(OC)cc1N1CCC(N(C)CCC(=O)Nc2cccc3c2CN(C2CCC(=O)NC2=O)C3=O)CC1. The Hall–Kier alpha value is -6.64. The quantitative estimate of drug-likeness (QED) is 0.0851. The summed E-state index contributed by atoms with van der Waals surface area (Å²) in [5.74, 6) is -0.255. The zero-order valence-electron chi connectivity index (χ0n) is 36.3. The van der Waals surface area contributed by atoms with E-state index in [0.29, 0.717) is 51.5 Å². The number of methoxy groups -OCH3 is 1. The van der Waals surface area contributed by atoms with Crippen LogP contribution < -0.4 is 35.6 Å². The number of fused-ring (bicyclic) bond motifs is 2. The van der Waals surface area contributed by atoms with E-state index in [9.17, 15) is 27.6 Å². The lowest BCUT2D eigenvalue weighted by Gasteiger charge is -2.38. The highest BCUT2D eigenvalue weighted by atomic mass is 35.5.